The molecule has 0 bridgehead atoms. The number of nitrogens with one attached hydrogen (secondary N) is 1. The van der Waals surface area contributed by atoms with Crippen LogP contribution in [0.5, 0.6) is 5.75 Å². The monoisotopic (exact) mass is 479 g/mol. The van der Waals surface area contributed by atoms with Crippen LogP contribution >= 0.6 is 0 Å². The van der Waals surface area contributed by atoms with Crippen molar-refractivity contribution in [1.82, 2.24) is 9.88 Å². The van der Waals surface area contributed by atoms with Crippen molar-refractivity contribution in [2.75, 3.05) is 6.61 Å². The van der Waals surface area contributed by atoms with E-state index in [0.717, 1.165) is 22.0 Å². The molecule has 5 nitrogen and oxygen atoms in total. The van der Waals surface area contributed by atoms with Gasteiger partial charge in [-0.2, -0.15) is 5.26 Å². The highest BCUT2D eigenvalue weighted by molar-refractivity contribution is 5.99. The number of hydrogen-bond acceptors (Lipinski definition) is 3. The maximum Gasteiger partial charge on any atom is 0.251 e. The number of carbonyl (C=O) groups excluding carboxylic acids is 1. The minimum Gasteiger partial charge on any atom is -0.479 e. The number of amides is 1. The minimum atomic E-state index is -0.0839. The number of aryl methyl sites for hydroxylation is 1. The average Bonchev–Trinajstić information content (AvgIpc) is 3.12. The molecule has 1 N–H and O–H groups in total. The number of ether oxygens (including phenoxy) is 1. The normalized spacial score (nSPS) is 11.9. The Morgan fingerprint density at radius 2 is 1.72 bits per heavy atom. The van der Waals surface area contributed by atoms with Gasteiger partial charge in [-0.15, -0.1) is 0 Å². The number of hydrogen-bond donors (Lipinski definition) is 1. The molecule has 0 fully saturated rings. The van der Waals surface area contributed by atoms with Crippen LogP contribution in [-0.4, -0.2) is 17.1 Å². The quantitative estimate of drug-likeness (QED) is 0.301. The minimum absolute atomic E-state index is 0.0406. The summed E-state index contributed by atoms with van der Waals surface area (Å²) >= 11 is 0. The highest BCUT2D eigenvalue weighted by Crippen LogP contribution is 2.28. The summed E-state index contributed by atoms with van der Waals surface area (Å²) in [7, 11) is 0. The molecule has 0 aliphatic heterocycles. The Morgan fingerprint density at radius 1 is 1.00 bits per heavy atom. The van der Waals surface area contributed by atoms with Gasteiger partial charge in [0.25, 0.3) is 5.91 Å². The number of aromatic nitrogens is 1. The molecule has 4 rings (SSSR count). The second-order valence-corrected chi connectivity index (χ2v) is 9.64. The Labute approximate surface area is 213 Å². The van der Waals surface area contributed by atoms with Gasteiger partial charge in [-0.3, -0.25) is 4.79 Å². The van der Waals surface area contributed by atoms with Gasteiger partial charge in [0.05, 0.1) is 6.04 Å². The zero-order valence-corrected chi connectivity index (χ0v) is 21.6. The molecule has 0 saturated carbocycles. The van der Waals surface area contributed by atoms with Crippen LogP contribution in [0.2, 0.25) is 0 Å². The Bertz CT molecular complexity index is 1420. The van der Waals surface area contributed by atoms with E-state index in [4.69, 9.17) is 10.00 Å². The molecule has 4 aromatic rings. The van der Waals surface area contributed by atoms with Crippen LogP contribution in [0.25, 0.3) is 10.9 Å². The smallest absolute Gasteiger partial charge is 0.251 e. The van der Waals surface area contributed by atoms with Crippen LogP contribution in [0.1, 0.15) is 71.0 Å². The van der Waals surface area contributed by atoms with E-state index in [1.807, 2.05) is 55.5 Å². The van der Waals surface area contributed by atoms with Crippen molar-refractivity contribution in [3.63, 3.8) is 0 Å². The molecular weight excluding hydrogens is 446 g/mol. The topological polar surface area (TPSA) is 67.0 Å². The molecule has 36 heavy (non-hydrogen) atoms. The van der Waals surface area contributed by atoms with Crippen molar-refractivity contribution in [3.8, 4) is 11.8 Å². The van der Waals surface area contributed by atoms with Gasteiger partial charge in [0, 0.05) is 28.7 Å². The van der Waals surface area contributed by atoms with Crippen LogP contribution in [0, 0.1) is 25.2 Å². The second-order valence-electron chi connectivity index (χ2n) is 9.64. The molecular formula is C31H33N3O2. The first-order valence-electron chi connectivity index (χ1n) is 12.4. The van der Waals surface area contributed by atoms with Crippen LogP contribution in [-0.2, 0) is 6.54 Å². The van der Waals surface area contributed by atoms with Gasteiger partial charge in [0.2, 0.25) is 0 Å². The van der Waals surface area contributed by atoms with Crippen molar-refractivity contribution in [1.29, 1.82) is 5.26 Å². The first-order chi connectivity index (χ1) is 17.3. The molecule has 1 atom stereocenters. The maximum atomic E-state index is 13.1. The highest BCUT2D eigenvalue weighted by atomic mass is 16.5. The van der Waals surface area contributed by atoms with E-state index >= 15 is 0 Å². The first kappa shape index (κ1) is 25.1. The number of rotatable bonds is 8. The Morgan fingerprint density at radius 3 is 2.42 bits per heavy atom. The third-order valence-electron chi connectivity index (χ3n) is 6.89. The molecule has 0 saturated heterocycles. The van der Waals surface area contributed by atoms with Gasteiger partial charge in [0.1, 0.15) is 11.8 Å². The van der Waals surface area contributed by atoms with Crippen molar-refractivity contribution in [2.45, 2.75) is 53.1 Å². The Balaban J connectivity index is 1.54. The predicted molar refractivity (Wildman–Crippen MR) is 144 cm³/mol. The number of nitriles is 1. The molecule has 0 aliphatic carbocycles. The summed E-state index contributed by atoms with van der Waals surface area (Å²) in [5, 5.41) is 12.9. The van der Waals surface area contributed by atoms with Gasteiger partial charge >= 0.3 is 0 Å². The molecule has 0 aliphatic rings. The SMILES string of the molecule is Cc1c(C)n(Cc2ccc(OCC#N)cc2)c2ccc(C(=O)N[C@@H](C)c3cccc(C(C)C)c3)cc12. The van der Waals surface area contributed by atoms with Gasteiger partial charge in [0.15, 0.2) is 6.61 Å². The van der Waals surface area contributed by atoms with E-state index in [0.29, 0.717) is 23.8 Å². The summed E-state index contributed by atoms with van der Waals surface area (Å²) in [5.74, 6) is 1.06. The molecule has 1 heterocycles. The molecule has 3 aromatic carbocycles. The van der Waals surface area contributed by atoms with E-state index in [-0.39, 0.29) is 18.6 Å². The fourth-order valence-corrected chi connectivity index (χ4v) is 4.53. The number of benzene rings is 3. The summed E-state index contributed by atoms with van der Waals surface area (Å²) in [6, 6.07) is 24.1. The lowest BCUT2D eigenvalue weighted by Crippen LogP contribution is -2.26. The fourth-order valence-electron chi connectivity index (χ4n) is 4.53. The number of nitrogens with zero attached hydrogens (tertiary/aromatic N) is 2. The number of carbonyl (C=O) groups is 1. The molecule has 0 spiro atoms. The van der Waals surface area contributed by atoms with E-state index < -0.39 is 0 Å². The third-order valence-corrected chi connectivity index (χ3v) is 6.89. The summed E-state index contributed by atoms with van der Waals surface area (Å²) in [4.78, 5) is 13.1. The Hall–Kier alpha value is -4.04. The molecule has 5 heteroatoms. The Kier molecular flexibility index (Phi) is 7.45. The average molecular weight is 480 g/mol. The van der Waals surface area contributed by atoms with E-state index in [9.17, 15) is 4.79 Å². The molecule has 0 unspecified atom stereocenters. The lowest BCUT2D eigenvalue weighted by atomic mass is 9.98. The summed E-state index contributed by atoms with van der Waals surface area (Å²) in [6.07, 6.45) is 0. The van der Waals surface area contributed by atoms with Crippen LogP contribution < -0.4 is 10.1 Å². The zero-order chi connectivity index (χ0) is 25.8. The standard InChI is InChI=1S/C31H33N3O2/c1-20(2)25-7-6-8-26(17-25)22(4)33-31(35)27-11-14-30-29(18-27)21(3)23(5)34(30)19-24-9-12-28(13-10-24)36-16-15-32/h6-14,17-18,20,22H,16,19H2,1-5H3,(H,33,35)/t22-/m0/s1. The van der Waals surface area contributed by atoms with Gasteiger partial charge in [-0.1, -0.05) is 50.2 Å². The van der Waals surface area contributed by atoms with E-state index in [2.05, 4.69) is 61.8 Å². The lowest BCUT2D eigenvalue weighted by Gasteiger charge is -2.16. The van der Waals surface area contributed by atoms with Crippen molar-refractivity contribution in [2.24, 2.45) is 0 Å². The van der Waals surface area contributed by atoms with E-state index in [1.165, 1.54) is 16.8 Å². The first-order valence-corrected chi connectivity index (χ1v) is 12.4. The fraction of sp³-hybridized carbons (Fsp3) is 0.290. The zero-order valence-electron chi connectivity index (χ0n) is 21.6. The largest absolute Gasteiger partial charge is 0.479 e. The van der Waals surface area contributed by atoms with Crippen molar-refractivity contribution >= 4 is 16.8 Å². The van der Waals surface area contributed by atoms with Gasteiger partial charge in [-0.05, 0) is 79.3 Å². The summed E-state index contributed by atoms with van der Waals surface area (Å²) < 4.78 is 7.64. The van der Waals surface area contributed by atoms with Gasteiger partial charge in [-0.25, -0.2) is 0 Å². The van der Waals surface area contributed by atoms with Crippen LogP contribution in [0.4, 0.5) is 0 Å². The van der Waals surface area contributed by atoms with E-state index in [1.54, 1.807) is 0 Å². The van der Waals surface area contributed by atoms with Crippen molar-refractivity contribution < 1.29 is 9.53 Å². The summed E-state index contributed by atoms with van der Waals surface area (Å²) in [5.41, 5.74) is 7.62. The molecule has 1 aromatic heterocycles. The summed E-state index contributed by atoms with van der Waals surface area (Å²) in [6.45, 7) is 11.3. The second kappa shape index (κ2) is 10.7. The van der Waals surface area contributed by atoms with Crippen LogP contribution in [0.3, 0.4) is 0 Å². The van der Waals surface area contributed by atoms with Crippen molar-refractivity contribution in [3.05, 3.63) is 100 Å². The molecule has 0 radical (unpaired) electrons. The lowest BCUT2D eigenvalue weighted by molar-refractivity contribution is 0.0940. The molecule has 1 amide bonds. The molecule has 184 valence electrons. The number of fused-ring (bicyclic) bond motifs is 1. The maximum absolute atomic E-state index is 13.1. The van der Waals surface area contributed by atoms with Crippen LogP contribution in [0.15, 0.2) is 66.7 Å². The van der Waals surface area contributed by atoms with Gasteiger partial charge < -0.3 is 14.6 Å². The highest BCUT2D eigenvalue weighted by Gasteiger charge is 2.16. The third kappa shape index (κ3) is 5.28. The predicted octanol–water partition coefficient (Wildman–Crippen LogP) is 6.82.